The summed E-state index contributed by atoms with van der Waals surface area (Å²) in [5.41, 5.74) is 1.35. The van der Waals surface area contributed by atoms with E-state index in [0.29, 0.717) is 5.92 Å². The summed E-state index contributed by atoms with van der Waals surface area (Å²) in [4.78, 5) is 15.3. The van der Waals surface area contributed by atoms with Gasteiger partial charge < -0.3 is 5.11 Å². The van der Waals surface area contributed by atoms with Gasteiger partial charge in [0.05, 0.1) is 6.54 Å². The van der Waals surface area contributed by atoms with Crippen molar-refractivity contribution in [3.63, 3.8) is 0 Å². The fourth-order valence-electron chi connectivity index (χ4n) is 2.91. The first-order chi connectivity index (χ1) is 9.67. The molecule has 0 spiro atoms. The Bertz CT molecular complexity index is 422. The van der Waals surface area contributed by atoms with Crippen LogP contribution in [0.2, 0.25) is 0 Å². The molecule has 1 fully saturated rings. The molecule has 1 aromatic carbocycles. The standard InChI is InChI=1S/C16H24N2O2/c1-2-17(13-16(19)20)11-15-8-9-18(12-15)10-14-6-4-3-5-7-14/h3-7,15H,2,8-13H2,1H3,(H,19,20)/t15-/m1/s1. The Hall–Kier alpha value is -1.39. The molecule has 1 atom stereocenters. The lowest BCUT2D eigenvalue weighted by Gasteiger charge is -2.22. The highest BCUT2D eigenvalue weighted by molar-refractivity contribution is 5.69. The van der Waals surface area contributed by atoms with Crippen LogP contribution in [0.3, 0.4) is 0 Å². The van der Waals surface area contributed by atoms with Crippen molar-refractivity contribution in [1.29, 1.82) is 0 Å². The lowest BCUT2D eigenvalue weighted by Crippen LogP contribution is -2.35. The van der Waals surface area contributed by atoms with E-state index in [0.717, 1.165) is 32.7 Å². The maximum atomic E-state index is 10.8. The number of nitrogens with zero attached hydrogens (tertiary/aromatic N) is 2. The Balaban J connectivity index is 1.78. The van der Waals surface area contributed by atoms with Crippen LogP contribution in [0.1, 0.15) is 18.9 Å². The molecular weight excluding hydrogens is 252 g/mol. The molecule has 4 heteroatoms. The van der Waals surface area contributed by atoms with Crippen LogP contribution in [0.5, 0.6) is 0 Å². The molecule has 20 heavy (non-hydrogen) atoms. The van der Waals surface area contributed by atoms with Gasteiger partial charge in [0.15, 0.2) is 0 Å². The lowest BCUT2D eigenvalue weighted by molar-refractivity contribution is -0.138. The molecule has 0 bridgehead atoms. The second-order valence-electron chi connectivity index (χ2n) is 5.60. The Labute approximate surface area is 121 Å². The van der Waals surface area contributed by atoms with E-state index < -0.39 is 5.97 Å². The van der Waals surface area contributed by atoms with Gasteiger partial charge in [0, 0.05) is 19.6 Å². The van der Waals surface area contributed by atoms with E-state index in [1.165, 1.54) is 12.0 Å². The lowest BCUT2D eigenvalue weighted by atomic mass is 10.1. The van der Waals surface area contributed by atoms with E-state index in [1.54, 1.807) is 0 Å². The Morgan fingerprint density at radius 3 is 2.80 bits per heavy atom. The molecule has 4 nitrogen and oxygen atoms in total. The molecule has 1 aliphatic rings. The smallest absolute Gasteiger partial charge is 0.317 e. The van der Waals surface area contributed by atoms with Crippen LogP contribution in [0.4, 0.5) is 0 Å². The van der Waals surface area contributed by atoms with Gasteiger partial charge in [0.2, 0.25) is 0 Å². The van der Waals surface area contributed by atoms with Crippen molar-refractivity contribution >= 4 is 5.97 Å². The van der Waals surface area contributed by atoms with Crippen LogP contribution in [0.15, 0.2) is 30.3 Å². The van der Waals surface area contributed by atoms with Crippen LogP contribution in [0.25, 0.3) is 0 Å². The van der Waals surface area contributed by atoms with E-state index in [9.17, 15) is 4.79 Å². The molecule has 1 saturated heterocycles. The van der Waals surface area contributed by atoms with Gasteiger partial charge in [0.1, 0.15) is 0 Å². The maximum Gasteiger partial charge on any atom is 0.317 e. The fourth-order valence-corrected chi connectivity index (χ4v) is 2.91. The van der Waals surface area contributed by atoms with Crippen molar-refractivity contribution in [1.82, 2.24) is 9.80 Å². The molecule has 0 unspecified atom stereocenters. The number of rotatable bonds is 7. The number of aliphatic carboxylic acids is 1. The van der Waals surface area contributed by atoms with E-state index >= 15 is 0 Å². The quantitative estimate of drug-likeness (QED) is 0.826. The Kier molecular flexibility index (Phi) is 5.56. The van der Waals surface area contributed by atoms with Crippen molar-refractivity contribution < 1.29 is 9.90 Å². The number of hydrogen-bond acceptors (Lipinski definition) is 3. The zero-order valence-corrected chi connectivity index (χ0v) is 12.2. The van der Waals surface area contributed by atoms with E-state index in [1.807, 2.05) is 17.9 Å². The number of likely N-dealkylation sites (tertiary alicyclic amines) is 1. The molecule has 1 heterocycles. The predicted molar refractivity (Wildman–Crippen MR) is 79.6 cm³/mol. The van der Waals surface area contributed by atoms with Gasteiger partial charge in [-0.15, -0.1) is 0 Å². The van der Waals surface area contributed by atoms with Crippen LogP contribution >= 0.6 is 0 Å². The molecule has 1 N–H and O–H groups in total. The van der Waals surface area contributed by atoms with Gasteiger partial charge in [-0.3, -0.25) is 14.6 Å². The largest absolute Gasteiger partial charge is 0.480 e. The number of hydrogen-bond donors (Lipinski definition) is 1. The van der Waals surface area contributed by atoms with Crippen molar-refractivity contribution in [2.75, 3.05) is 32.7 Å². The maximum absolute atomic E-state index is 10.8. The molecule has 2 rings (SSSR count). The van der Waals surface area contributed by atoms with Gasteiger partial charge in [-0.1, -0.05) is 37.3 Å². The van der Waals surface area contributed by atoms with Crippen LogP contribution in [-0.4, -0.2) is 53.6 Å². The van der Waals surface area contributed by atoms with E-state index in [2.05, 4.69) is 29.2 Å². The summed E-state index contributed by atoms with van der Waals surface area (Å²) in [6.45, 7) is 7.08. The van der Waals surface area contributed by atoms with Gasteiger partial charge in [-0.05, 0) is 31.0 Å². The van der Waals surface area contributed by atoms with Gasteiger partial charge in [0.25, 0.3) is 0 Å². The summed E-state index contributed by atoms with van der Waals surface area (Å²) >= 11 is 0. The highest BCUT2D eigenvalue weighted by atomic mass is 16.4. The van der Waals surface area contributed by atoms with Crippen LogP contribution in [-0.2, 0) is 11.3 Å². The first-order valence-electron chi connectivity index (χ1n) is 7.37. The summed E-state index contributed by atoms with van der Waals surface area (Å²) in [6.07, 6.45) is 1.17. The van der Waals surface area contributed by atoms with Gasteiger partial charge in [-0.2, -0.15) is 0 Å². The minimum atomic E-state index is -0.731. The highest BCUT2D eigenvalue weighted by Gasteiger charge is 2.24. The zero-order chi connectivity index (χ0) is 14.4. The second-order valence-corrected chi connectivity index (χ2v) is 5.60. The summed E-state index contributed by atoms with van der Waals surface area (Å²) < 4.78 is 0. The molecule has 0 saturated carbocycles. The number of carbonyl (C=O) groups is 1. The fraction of sp³-hybridized carbons (Fsp3) is 0.562. The molecule has 1 aromatic rings. The SMILES string of the molecule is CCN(CC(=O)O)C[C@H]1CCN(Cc2ccccc2)C1. The molecule has 0 aliphatic carbocycles. The molecule has 0 amide bonds. The minimum absolute atomic E-state index is 0.158. The van der Waals surface area contributed by atoms with Crippen LogP contribution in [0, 0.1) is 5.92 Å². The summed E-state index contributed by atoms with van der Waals surface area (Å²) in [7, 11) is 0. The minimum Gasteiger partial charge on any atom is -0.480 e. The molecular formula is C16H24N2O2. The molecule has 1 aliphatic heterocycles. The highest BCUT2D eigenvalue weighted by Crippen LogP contribution is 2.19. The molecule has 0 radical (unpaired) electrons. The predicted octanol–water partition coefficient (Wildman–Crippen LogP) is 1.91. The Morgan fingerprint density at radius 1 is 1.40 bits per heavy atom. The van der Waals surface area contributed by atoms with E-state index in [-0.39, 0.29) is 6.54 Å². The topological polar surface area (TPSA) is 43.8 Å². The third kappa shape index (κ3) is 4.62. The van der Waals surface area contributed by atoms with Crippen molar-refractivity contribution in [3.8, 4) is 0 Å². The number of carboxylic acids is 1. The third-order valence-electron chi connectivity index (χ3n) is 3.94. The first kappa shape index (κ1) is 15.0. The van der Waals surface area contributed by atoms with Crippen molar-refractivity contribution in [3.05, 3.63) is 35.9 Å². The van der Waals surface area contributed by atoms with Crippen LogP contribution < -0.4 is 0 Å². The summed E-state index contributed by atoms with van der Waals surface area (Å²) in [5.74, 6) is -0.135. The number of benzene rings is 1. The van der Waals surface area contributed by atoms with E-state index in [4.69, 9.17) is 5.11 Å². The normalized spacial score (nSPS) is 19.6. The molecule has 0 aromatic heterocycles. The van der Waals surface area contributed by atoms with Gasteiger partial charge >= 0.3 is 5.97 Å². The zero-order valence-electron chi connectivity index (χ0n) is 12.2. The second kappa shape index (κ2) is 7.41. The van der Waals surface area contributed by atoms with Crippen molar-refractivity contribution in [2.24, 2.45) is 5.92 Å². The average molecular weight is 276 g/mol. The average Bonchev–Trinajstić information content (AvgIpc) is 2.86. The first-order valence-corrected chi connectivity index (χ1v) is 7.37. The summed E-state index contributed by atoms with van der Waals surface area (Å²) in [6, 6.07) is 10.5. The monoisotopic (exact) mass is 276 g/mol. The summed E-state index contributed by atoms with van der Waals surface area (Å²) in [5, 5.41) is 8.88. The number of likely N-dealkylation sites (N-methyl/N-ethyl adjacent to an activating group) is 1. The molecule has 110 valence electrons. The number of carboxylic acid groups (broad SMARTS) is 1. The third-order valence-corrected chi connectivity index (χ3v) is 3.94. The van der Waals surface area contributed by atoms with Gasteiger partial charge in [-0.25, -0.2) is 0 Å². The Morgan fingerprint density at radius 2 is 2.15 bits per heavy atom. The van der Waals surface area contributed by atoms with Crippen molar-refractivity contribution in [2.45, 2.75) is 19.9 Å².